The van der Waals surface area contributed by atoms with Gasteiger partial charge in [0, 0.05) is 21.6 Å². The van der Waals surface area contributed by atoms with E-state index in [0.717, 1.165) is 17.3 Å². The fourth-order valence-corrected chi connectivity index (χ4v) is 4.76. The lowest BCUT2D eigenvalue weighted by Gasteiger charge is -2.24. The normalized spacial score (nSPS) is 22.6. The molecule has 8 heteroatoms. The Morgan fingerprint density at radius 3 is 2.72 bits per heavy atom. The molecule has 2 saturated heterocycles. The minimum Gasteiger partial charge on any atom is -0.508 e. The molecule has 6 nitrogen and oxygen atoms in total. The van der Waals surface area contributed by atoms with Gasteiger partial charge in [-0.05, 0) is 77.7 Å². The van der Waals surface area contributed by atoms with Gasteiger partial charge in [0.2, 0.25) is 5.91 Å². The van der Waals surface area contributed by atoms with Gasteiger partial charge in [0.05, 0.1) is 11.6 Å². The Labute approximate surface area is 181 Å². The van der Waals surface area contributed by atoms with Gasteiger partial charge in [-0.15, -0.1) is 0 Å². The first-order valence-electron chi connectivity index (χ1n) is 9.41. The number of carbonyl (C=O) groups is 2. The molecule has 152 valence electrons. The molecule has 2 bridgehead atoms. The van der Waals surface area contributed by atoms with E-state index < -0.39 is 0 Å². The number of hydrogen-bond donors (Lipinski definition) is 2. The summed E-state index contributed by atoms with van der Waals surface area (Å²) in [7, 11) is 0. The van der Waals surface area contributed by atoms with E-state index in [-0.39, 0.29) is 42.2 Å². The van der Waals surface area contributed by atoms with Crippen molar-refractivity contribution in [3.05, 3.63) is 52.0 Å². The Kier molecular flexibility index (Phi) is 5.69. The van der Waals surface area contributed by atoms with E-state index in [4.69, 9.17) is 16.3 Å². The van der Waals surface area contributed by atoms with Gasteiger partial charge in [0.25, 0.3) is 5.91 Å². The third-order valence-corrected chi connectivity index (χ3v) is 6.47. The Hall–Kier alpha value is -2.25. The summed E-state index contributed by atoms with van der Waals surface area (Å²) in [6.07, 6.45) is 2.37. The van der Waals surface area contributed by atoms with Crippen LogP contribution in [0.5, 0.6) is 11.5 Å². The van der Waals surface area contributed by atoms with Crippen LogP contribution in [-0.4, -0.2) is 40.5 Å². The van der Waals surface area contributed by atoms with Gasteiger partial charge in [-0.2, -0.15) is 0 Å². The predicted molar refractivity (Wildman–Crippen MR) is 113 cm³/mol. The number of anilines is 1. The molecule has 2 aliphatic heterocycles. The highest BCUT2D eigenvalue weighted by atomic mass is 79.9. The molecule has 2 amide bonds. The monoisotopic (exact) mass is 478 g/mol. The van der Waals surface area contributed by atoms with E-state index >= 15 is 0 Å². The van der Waals surface area contributed by atoms with Crippen LogP contribution in [0.2, 0.25) is 5.02 Å². The zero-order valence-corrected chi connectivity index (χ0v) is 17.8. The zero-order valence-electron chi connectivity index (χ0n) is 15.5. The zero-order chi connectivity index (χ0) is 20.5. The largest absolute Gasteiger partial charge is 0.508 e. The molecule has 2 fully saturated rings. The number of ether oxygens (including phenoxy) is 1. The lowest BCUT2D eigenvalue weighted by Crippen LogP contribution is -2.41. The number of benzene rings is 2. The van der Waals surface area contributed by atoms with Crippen LogP contribution in [0.3, 0.4) is 0 Å². The van der Waals surface area contributed by atoms with E-state index in [1.54, 1.807) is 30.3 Å². The Morgan fingerprint density at radius 1 is 1.21 bits per heavy atom. The number of fused-ring (bicyclic) bond motifs is 2. The van der Waals surface area contributed by atoms with E-state index in [2.05, 4.69) is 21.2 Å². The van der Waals surface area contributed by atoms with Gasteiger partial charge in [-0.25, -0.2) is 0 Å². The molecule has 2 heterocycles. The number of amides is 2. The van der Waals surface area contributed by atoms with Gasteiger partial charge in [-0.1, -0.05) is 11.6 Å². The van der Waals surface area contributed by atoms with Crippen molar-refractivity contribution in [1.29, 1.82) is 0 Å². The molecule has 2 aromatic carbocycles. The minimum absolute atomic E-state index is 0.0643. The molecular weight excluding hydrogens is 460 g/mol. The van der Waals surface area contributed by atoms with Crippen molar-refractivity contribution in [3.63, 3.8) is 0 Å². The van der Waals surface area contributed by atoms with Crippen LogP contribution in [0.15, 0.2) is 46.9 Å². The molecule has 3 unspecified atom stereocenters. The number of aromatic hydroxyl groups is 1. The van der Waals surface area contributed by atoms with Crippen LogP contribution < -0.4 is 10.1 Å². The van der Waals surface area contributed by atoms with Crippen molar-refractivity contribution in [1.82, 2.24) is 4.90 Å². The first-order chi connectivity index (χ1) is 13.9. The number of hydrogen-bond acceptors (Lipinski definition) is 4. The highest BCUT2D eigenvalue weighted by molar-refractivity contribution is 9.10. The number of rotatable bonds is 5. The summed E-state index contributed by atoms with van der Waals surface area (Å²) < 4.78 is 6.31. The van der Waals surface area contributed by atoms with Crippen molar-refractivity contribution in [2.45, 2.75) is 31.3 Å². The summed E-state index contributed by atoms with van der Waals surface area (Å²) >= 11 is 9.45. The molecule has 0 aromatic heterocycles. The Morgan fingerprint density at radius 2 is 1.97 bits per heavy atom. The second-order valence-corrected chi connectivity index (χ2v) is 8.63. The van der Waals surface area contributed by atoms with Crippen LogP contribution in [0.25, 0.3) is 0 Å². The standard InChI is InChI=1S/C21H20BrClN2O4/c22-17-7-1-12(23)9-18(17)24-21(28)16-10-13-2-8-19(16)25(13)20(27)11-29-15-5-3-14(26)4-6-15/h1,3-7,9,13,16,19,26H,2,8,10-11H2,(H,24,28). The predicted octanol–water partition coefficient (Wildman–Crippen LogP) is 4.21. The maximum absolute atomic E-state index is 12.9. The van der Waals surface area contributed by atoms with Crippen molar-refractivity contribution in [2.75, 3.05) is 11.9 Å². The summed E-state index contributed by atoms with van der Waals surface area (Å²) in [5.41, 5.74) is 0.624. The first-order valence-corrected chi connectivity index (χ1v) is 10.6. The number of carbonyl (C=O) groups excluding carboxylic acids is 2. The average molecular weight is 480 g/mol. The van der Waals surface area contributed by atoms with Crippen LogP contribution >= 0.6 is 27.5 Å². The number of phenolic OH excluding ortho intramolecular Hbond substituents is 1. The molecule has 4 rings (SSSR count). The van der Waals surface area contributed by atoms with E-state index in [9.17, 15) is 14.7 Å². The molecule has 3 atom stereocenters. The third-order valence-electron chi connectivity index (χ3n) is 5.55. The molecule has 0 radical (unpaired) electrons. The fraction of sp³-hybridized carbons (Fsp3) is 0.333. The SMILES string of the molecule is O=C(Nc1cc(Cl)ccc1Br)C1CC2CCC1N2C(=O)COc1ccc(O)cc1. The maximum atomic E-state index is 12.9. The van der Waals surface area contributed by atoms with E-state index in [1.165, 1.54) is 12.1 Å². The van der Waals surface area contributed by atoms with Crippen LogP contribution in [-0.2, 0) is 9.59 Å². The van der Waals surface area contributed by atoms with Crippen LogP contribution in [0.1, 0.15) is 19.3 Å². The number of nitrogens with one attached hydrogen (secondary N) is 1. The summed E-state index contributed by atoms with van der Waals surface area (Å²) in [6, 6.07) is 11.4. The second-order valence-electron chi connectivity index (χ2n) is 7.34. The highest BCUT2D eigenvalue weighted by Gasteiger charge is 2.51. The van der Waals surface area contributed by atoms with Crippen LogP contribution in [0, 0.1) is 5.92 Å². The fourth-order valence-electron chi connectivity index (χ4n) is 4.24. The topological polar surface area (TPSA) is 78.9 Å². The molecule has 2 N–H and O–H groups in total. The van der Waals surface area contributed by atoms with Gasteiger partial charge < -0.3 is 20.1 Å². The molecular formula is C21H20BrClN2O4. The summed E-state index contributed by atoms with van der Waals surface area (Å²) in [5.74, 6) is 0.184. The third kappa shape index (κ3) is 4.21. The lowest BCUT2D eigenvalue weighted by atomic mass is 9.88. The van der Waals surface area contributed by atoms with Crippen molar-refractivity contribution >= 4 is 45.0 Å². The molecule has 2 aliphatic rings. The first kappa shape index (κ1) is 20.0. The van der Waals surface area contributed by atoms with Gasteiger partial charge in [0.1, 0.15) is 11.5 Å². The van der Waals surface area contributed by atoms with Gasteiger partial charge >= 0.3 is 0 Å². The molecule has 29 heavy (non-hydrogen) atoms. The summed E-state index contributed by atoms with van der Waals surface area (Å²) in [5, 5.41) is 12.8. The van der Waals surface area contributed by atoms with E-state index in [1.807, 2.05) is 4.90 Å². The second kappa shape index (κ2) is 8.24. The smallest absolute Gasteiger partial charge is 0.261 e. The van der Waals surface area contributed by atoms with Gasteiger partial charge in [-0.3, -0.25) is 9.59 Å². The Balaban J connectivity index is 1.39. The maximum Gasteiger partial charge on any atom is 0.261 e. The van der Waals surface area contributed by atoms with Crippen molar-refractivity contribution < 1.29 is 19.4 Å². The number of halogens is 2. The quantitative estimate of drug-likeness (QED) is 0.673. The molecule has 0 spiro atoms. The number of phenols is 1. The number of nitrogens with zero attached hydrogens (tertiary/aromatic N) is 1. The Bertz CT molecular complexity index is 937. The molecule has 0 aliphatic carbocycles. The summed E-state index contributed by atoms with van der Waals surface area (Å²) in [6.45, 7) is -0.0913. The van der Waals surface area contributed by atoms with Crippen LogP contribution in [0.4, 0.5) is 5.69 Å². The minimum atomic E-state index is -0.253. The highest BCUT2D eigenvalue weighted by Crippen LogP contribution is 2.42. The van der Waals surface area contributed by atoms with Gasteiger partial charge in [0.15, 0.2) is 6.61 Å². The van der Waals surface area contributed by atoms with E-state index in [0.29, 0.717) is 22.9 Å². The lowest BCUT2D eigenvalue weighted by molar-refractivity contribution is -0.135. The molecule has 0 saturated carbocycles. The average Bonchev–Trinajstić information content (AvgIpc) is 3.28. The van der Waals surface area contributed by atoms with Crippen molar-refractivity contribution in [2.24, 2.45) is 5.92 Å². The summed E-state index contributed by atoms with van der Waals surface area (Å²) in [4.78, 5) is 27.5. The molecule has 2 aromatic rings. The van der Waals surface area contributed by atoms with Crippen molar-refractivity contribution in [3.8, 4) is 11.5 Å².